The third kappa shape index (κ3) is 1.63. The van der Waals surface area contributed by atoms with Crippen LogP contribution in [0.3, 0.4) is 0 Å². The minimum absolute atomic E-state index is 0.391. The van der Waals surface area contributed by atoms with Crippen LogP contribution in [0.15, 0.2) is 40.8 Å². The highest BCUT2D eigenvalue weighted by Gasteiger charge is 2.19. The van der Waals surface area contributed by atoms with Gasteiger partial charge in [0.15, 0.2) is 5.79 Å². The minimum atomic E-state index is -1.87. The van der Waals surface area contributed by atoms with Crippen LogP contribution < -0.4 is 5.73 Å². The number of benzene rings is 2. The van der Waals surface area contributed by atoms with E-state index >= 15 is 0 Å². The van der Waals surface area contributed by atoms with Gasteiger partial charge in [0, 0.05) is 28.1 Å². The molecule has 0 aliphatic carbocycles. The predicted molar refractivity (Wildman–Crippen MR) is 69.9 cm³/mol. The molecular weight excluding hydrogens is 230 g/mol. The van der Waals surface area contributed by atoms with E-state index in [0.717, 1.165) is 10.8 Å². The first kappa shape index (κ1) is 11.1. The Kier molecular flexibility index (Phi) is 2.14. The Bertz CT molecular complexity index is 738. The largest absolute Gasteiger partial charge is 0.456 e. The quantitative estimate of drug-likeness (QED) is 0.452. The van der Waals surface area contributed by atoms with Crippen molar-refractivity contribution in [1.29, 1.82) is 0 Å². The SMILES string of the molecule is CC(O)(O)c1ccc2c(c1)oc1cc(N)ccc12. The number of nitrogens with two attached hydrogens (primary N) is 1. The Balaban J connectivity index is 2.33. The first-order chi connectivity index (χ1) is 8.45. The van der Waals surface area contributed by atoms with E-state index in [2.05, 4.69) is 0 Å². The maximum absolute atomic E-state index is 9.56. The fraction of sp³-hybridized carbons (Fsp3) is 0.143. The maximum atomic E-state index is 9.56. The van der Waals surface area contributed by atoms with Gasteiger partial charge in [-0.25, -0.2) is 0 Å². The summed E-state index contributed by atoms with van der Waals surface area (Å²) in [5.41, 5.74) is 8.04. The van der Waals surface area contributed by atoms with Crippen molar-refractivity contribution < 1.29 is 14.6 Å². The third-order valence-electron chi connectivity index (χ3n) is 3.04. The standard InChI is InChI=1S/C14H13NO3/c1-14(16,17)8-2-4-10-11-5-3-9(15)7-13(11)18-12(10)6-8/h2-7,16-17H,15H2,1H3. The summed E-state index contributed by atoms with van der Waals surface area (Å²) in [7, 11) is 0. The van der Waals surface area contributed by atoms with Gasteiger partial charge < -0.3 is 20.4 Å². The topological polar surface area (TPSA) is 79.6 Å². The van der Waals surface area contributed by atoms with E-state index in [1.54, 1.807) is 18.2 Å². The van der Waals surface area contributed by atoms with Crippen molar-refractivity contribution in [2.24, 2.45) is 0 Å². The molecule has 3 rings (SSSR count). The molecular formula is C14H13NO3. The molecule has 0 aliphatic heterocycles. The van der Waals surface area contributed by atoms with Crippen molar-refractivity contribution in [2.75, 3.05) is 5.73 Å². The normalized spacial score (nSPS) is 12.4. The van der Waals surface area contributed by atoms with E-state index in [0.29, 0.717) is 22.4 Å². The molecule has 1 aromatic heterocycles. The number of rotatable bonds is 1. The monoisotopic (exact) mass is 243 g/mol. The number of furan rings is 1. The number of anilines is 1. The summed E-state index contributed by atoms with van der Waals surface area (Å²) in [6.07, 6.45) is 0. The zero-order valence-corrected chi connectivity index (χ0v) is 9.84. The molecule has 4 N–H and O–H groups in total. The fourth-order valence-corrected chi connectivity index (χ4v) is 2.09. The first-order valence-electron chi connectivity index (χ1n) is 5.62. The fourth-order valence-electron chi connectivity index (χ4n) is 2.09. The molecule has 0 spiro atoms. The van der Waals surface area contributed by atoms with E-state index in [-0.39, 0.29) is 0 Å². The molecule has 0 atom stereocenters. The second-order valence-corrected chi connectivity index (χ2v) is 4.59. The lowest BCUT2D eigenvalue weighted by molar-refractivity contribution is -0.152. The minimum Gasteiger partial charge on any atom is -0.456 e. The van der Waals surface area contributed by atoms with Gasteiger partial charge in [-0.05, 0) is 25.1 Å². The molecule has 0 aliphatic rings. The van der Waals surface area contributed by atoms with Crippen molar-refractivity contribution >= 4 is 27.6 Å². The van der Waals surface area contributed by atoms with E-state index in [4.69, 9.17) is 10.2 Å². The molecule has 4 heteroatoms. The summed E-state index contributed by atoms with van der Waals surface area (Å²) in [5, 5.41) is 21.0. The molecule has 0 bridgehead atoms. The summed E-state index contributed by atoms with van der Waals surface area (Å²) < 4.78 is 5.67. The second-order valence-electron chi connectivity index (χ2n) is 4.59. The van der Waals surface area contributed by atoms with Crippen LogP contribution >= 0.6 is 0 Å². The molecule has 0 radical (unpaired) electrons. The molecule has 92 valence electrons. The molecule has 0 amide bonds. The average molecular weight is 243 g/mol. The Hall–Kier alpha value is -2.04. The Labute approximate surface area is 103 Å². The van der Waals surface area contributed by atoms with Gasteiger partial charge in [0.2, 0.25) is 0 Å². The number of hydrogen-bond acceptors (Lipinski definition) is 4. The van der Waals surface area contributed by atoms with Gasteiger partial charge in [-0.2, -0.15) is 0 Å². The van der Waals surface area contributed by atoms with Gasteiger partial charge >= 0.3 is 0 Å². The highest BCUT2D eigenvalue weighted by molar-refractivity contribution is 6.05. The maximum Gasteiger partial charge on any atom is 0.186 e. The Morgan fingerprint density at radius 2 is 1.61 bits per heavy atom. The third-order valence-corrected chi connectivity index (χ3v) is 3.04. The lowest BCUT2D eigenvalue weighted by atomic mass is 10.0. The second kappa shape index (κ2) is 3.48. The van der Waals surface area contributed by atoms with Crippen LogP contribution in [-0.4, -0.2) is 10.2 Å². The van der Waals surface area contributed by atoms with Crippen LogP contribution in [0.5, 0.6) is 0 Å². The van der Waals surface area contributed by atoms with Crippen LogP contribution in [0.2, 0.25) is 0 Å². The van der Waals surface area contributed by atoms with Gasteiger partial charge in [0.1, 0.15) is 11.2 Å². The lowest BCUT2D eigenvalue weighted by Gasteiger charge is -2.15. The molecule has 0 fully saturated rings. The molecule has 4 nitrogen and oxygen atoms in total. The number of fused-ring (bicyclic) bond motifs is 3. The van der Waals surface area contributed by atoms with Gasteiger partial charge in [0.05, 0.1) is 0 Å². The number of hydrogen-bond donors (Lipinski definition) is 3. The molecule has 2 aromatic carbocycles. The van der Waals surface area contributed by atoms with Crippen LogP contribution in [0, 0.1) is 0 Å². The average Bonchev–Trinajstić information content (AvgIpc) is 2.63. The summed E-state index contributed by atoms with van der Waals surface area (Å²) in [4.78, 5) is 0. The summed E-state index contributed by atoms with van der Waals surface area (Å²) in [6, 6.07) is 10.6. The van der Waals surface area contributed by atoms with Gasteiger partial charge in [-0.15, -0.1) is 0 Å². The molecule has 18 heavy (non-hydrogen) atoms. The number of nitrogen functional groups attached to an aromatic ring is 1. The number of aliphatic hydroxyl groups is 2. The highest BCUT2D eigenvalue weighted by Crippen LogP contribution is 2.32. The summed E-state index contributed by atoms with van der Waals surface area (Å²) in [6.45, 7) is 1.31. The van der Waals surface area contributed by atoms with Crippen LogP contribution in [0.1, 0.15) is 12.5 Å². The van der Waals surface area contributed by atoms with E-state index < -0.39 is 5.79 Å². The lowest BCUT2D eigenvalue weighted by Crippen LogP contribution is -2.19. The van der Waals surface area contributed by atoms with Crippen molar-refractivity contribution in [2.45, 2.75) is 12.7 Å². The molecule has 0 saturated heterocycles. The molecule has 0 unspecified atom stereocenters. The molecule has 3 aromatic rings. The Morgan fingerprint density at radius 3 is 2.28 bits per heavy atom. The zero-order chi connectivity index (χ0) is 12.9. The predicted octanol–water partition coefficient (Wildman–Crippen LogP) is 2.33. The van der Waals surface area contributed by atoms with E-state index in [1.165, 1.54) is 6.92 Å². The summed E-state index contributed by atoms with van der Waals surface area (Å²) in [5.74, 6) is -1.87. The van der Waals surface area contributed by atoms with E-state index in [1.807, 2.05) is 18.2 Å². The van der Waals surface area contributed by atoms with Gasteiger partial charge in [-0.1, -0.05) is 12.1 Å². The van der Waals surface area contributed by atoms with E-state index in [9.17, 15) is 10.2 Å². The first-order valence-corrected chi connectivity index (χ1v) is 5.62. The van der Waals surface area contributed by atoms with Crippen molar-refractivity contribution in [3.8, 4) is 0 Å². The zero-order valence-electron chi connectivity index (χ0n) is 9.84. The highest BCUT2D eigenvalue weighted by atomic mass is 16.5. The van der Waals surface area contributed by atoms with Crippen molar-refractivity contribution in [3.05, 3.63) is 42.0 Å². The van der Waals surface area contributed by atoms with Crippen LogP contribution in [-0.2, 0) is 5.79 Å². The molecule has 1 heterocycles. The molecule has 0 saturated carbocycles. The van der Waals surface area contributed by atoms with Gasteiger partial charge in [-0.3, -0.25) is 0 Å². The summed E-state index contributed by atoms with van der Waals surface area (Å²) >= 11 is 0. The smallest absolute Gasteiger partial charge is 0.186 e. The van der Waals surface area contributed by atoms with Gasteiger partial charge in [0.25, 0.3) is 0 Å². The van der Waals surface area contributed by atoms with Crippen molar-refractivity contribution in [1.82, 2.24) is 0 Å². The van der Waals surface area contributed by atoms with Crippen LogP contribution in [0.4, 0.5) is 5.69 Å². The van der Waals surface area contributed by atoms with Crippen LogP contribution in [0.25, 0.3) is 21.9 Å². The van der Waals surface area contributed by atoms with Crippen molar-refractivity contribution in [3.63, 3.8) is 0 Å². The Morgan fingerprint density at radius 1 is 1.00 bits per heavy atom.